The van der Waals surface area contributed by atoms with E-state index in [1.165, 1.54) is 10.9 Å². The Kier molecular flexibility index (Phi) is 4.05. The van der Waals surface area contributed by atoms with E-state index in [1.807, 2.05) is 12.1 Å². The average molecular weight is 252 g/mol. The molecule has 0 aliphatic heterocycles. The van der Waals surface area contributed by atoms with Crippen LogP contribution in [-0.4, -0.2) is 17.7 Å². The molecule has 3 nitrogen and oxygen atoms in total. The molecule has 1 aromatic carbocycles. The highest BCUT2D eigenvalue weighted by Crippen LogP contribution is 2.28. The van der Waals surface area contributed by atoms with Gasteiger partial charge in [0.1, 0.15) is 0 Å². The number of nitrogens with two attached hydrogens (primary N) is 2. The van der Waals surface area contributed by atoms with Crippen LogP contribution in [0.15, 0.2) is 24.4 Å². The summed E-state index contributed by atoms with van der Waals surface area (Å²) in [5.74, 6) is 0. The Hall–Kier alpha value is -1.03. The number of nitrogens with zero attached hydrogens (tertiary/aromatic N) is 1. The van der Waals surface area contributed by atoms with E-state index in [4.69, 9.17) is 23.1 Å². The zero-order valence-corrected chi connectivity index (χ0v) is 10.6. The molecule has 1 heterocycles. The van der Waals surface area contributed by atoms with Crippen LogP contribution in [0.25, 0.3) is 10.9 Å². The first-order chi connectivity index (χ1) is 8.27. The van der Waals surface area contributed by atoms with Crippen LogP contribution in [0.4, 0.5) is 0 Å². The number of aryl methyl sites for hydroxylation is 1. The van der Waals surface area contributed by atoms with Gasteiger partial charge < -0.3 is 16.0 Å². The molecule has 0 bridgehead atoms. The SMILES string of the molecule is NCCCc1cn(CCN)c2c(Cl)cccc12. The second kappa shape index (κ2) is 5.54. The molecule has 0 saturated heterocycles. The Morgan fingerprint density at radius 2 is 2.00 bits per heavy atom. The largest absolute Gasteiger partial charge is 0.345 e. The molecule has 4 heteroatoms. The second-order valence-corrected chi connectivity index (χ2v) is 4.57. The number of aromatic nitrogens is 1. The molecule has 0 radical (unpaired) electrons. The van der Waals surface area contributed by atoms with Crippen molar-refractivity contribution in [2.45, 2.75) is 19.4 Å². The summed E-state index contributed by atoms with van der Waals surface area (Å²) in [5.41, 5.74) is 13.6. The van der Waals surface area contributed by atoms with Crippen LogP contribution in [-0.2, 0) is 13.0 Å². The van der Waals surface area contributed by atoms with Gasteiger partial charge in [-0.25, -0.2) is 0 Å². The van der Waals surface area contributed by atoms with E-state index in [-0.39, 0.29) is 0 Å². The number of benzene rings is 1. The molecule has 0 atom stereocenters. The Bertz CT molecular complexity index is 505. The zero-order chi connectivity index (χ0) is 12.3. The normalized spacial score (nSPS) is 11.2. The predicted octanol–water partition coefficient (Wildman–Crippen LogP) is 2.14. The summed E-state index contributed by atoms with van der Waals surface area (Å²) >= 11 is 6.26. The highest BCUT2D eigenvalue weighted by molar-refractivity contribution is 6.35. The molecule has 0 aliphatic carbocycles. The van der Waals surface area contributed by atoms with Crippen LogP contribution in [0.3, 0.4) is 0 Å². The molecule has 0 fully saturated rings. The maximum Gasteiger partial charge on any atom is 0.0672 e. The van der Waals surface area contributed by atoms with Gasteiger partial charge >= 0.3 is 0 Å². The molecular weight excluding hydrogens is 234 g/mol. The quantitative estimate of drug-likeness (QED) is 0.856. The van der Waals surface area contributed by atoms with Crippen molar-refractivity contribution in [1.82, 2.24) is 4.57 Å². The van der Waals surface area contributed by atoms with Crippen molar-refractivity contribution >= 4 is 22.5 Å². The van der Waals surface area contributed by atoms with Crippen molar-refractivity contribution in [3.05, 3.63) is 35.0 Å². The molecule has 0 amide bonds. The van der Waals surface area contributed by atoms with E-state index in [0.717, 1.165) is 29.9 Å². The second-order valence-electron chi connectivity index (χ2n) is 4.16. The minimum Gasteiger partial charge on any atom is -0.345 e. The first kappa shape index (κ1) is 12.4. The lowest BCUT2D eigenvalue weighted by molar-refractivity contribution is 0.729. The predicted molar refractivity (Wildman–Crippen MR) is 73.4 cm³/mol. The number of para-hydroxylation sites is 1. The van der Waals surface area contributed by atoms with Gasteiger partial charge in [0.15, 0.2) is 0 Å². The van der Waals surface area contributed by atoms with Gasteiger partial charge in [0.25, 0.3) is 0 Å². The number of halogens is 1. The van der Waals surface area contributed by atoms with Crippen molar-refractivity contribution in [2.24, 2.45) is 11.5 Å². The van der Waals surface area contributed by atoms with Gasteiger partial charge in [0, 0.05) is 24.7 Å². The summed E-state index contributed by atoms with van der Waals surface area (Å²) in [6, 6.07) is 6.02. The Balaban J connectivity index is 2.50. The van der Waals surface area contributed by atoms with Gasteiger partial charge in [-0.2, -0.15) is 0 Å². The lowest BCUT2D eigenvalue weighted by Gasteiger charge is -2.03. The van der Waals surface area contributed by atoms with Crippen LogP contribution >= 0.6 is 11.6 Å². The van der Waals surface area contributed by atoms with Gasteiger partial charge in [-0.1, -0.05) is 23.7 Å². The Morgan fingerprint density at radius 3 is 2.71 bits per heavy atom. The highest BCUT2D eigenvalue weighted by atomic mass is 35.5. The van der Waals surface area contributed by atoms with Crippen LogP contribution in [0, 0.1) is 0 Å². The van der Waals surface area contributed by atoms with Gasteiger partial charge in [0.2, 0.25) is 0 Å². The molecule has 0 saturated carbocycles. The smallest absolute Gasteiger partial charge is 0.0672 e. The molecular formula is C13H18ClN3. The van der Waals surface area contributed by atoms with E-state index in [9.17, 15) is 0 Å². The van der Waals surface area contributed by atoms with Gasteiger partial charge in [-0.3, -0.25) is 0 Å². The maximum absolute atomic E-state index is 6.26. The molecule has 17 heavy (non-hydrogen) atoms. The third-order valence-corrected chi connectivity index (χ3v) is 3.26. The molecule has 92 valence electrons. The van der Waals surface area contributed by atoms with Gasteiger partial charge in [-0.05, 0) is 31.0 Å². The van der Waals surface area contributed by atoms with Crippen LogP contribution in [0.5, 0.6) is 0 Å². The maximum atomic E-state index is 6.26. The number of hydrogen-bond acceptors (Lipinski definition) is 2. The van der Waals surface area contributed by atoms with E-state index >= 15 is 0 Å². The topological polar surface area (TPSA) is 57.0 Å². The first-order valence-electron chi connectivity index (χ1n) is 5.94. The van der Waals surface area contributed by atoms with Crippen molar-refractivity contribution in [2.75, 3.05) is 13.1 Å². The van der Waals surface area contributed by atoms with Crippen molar-refractivity contribution < 1.29 is 0 Å². The third kappa shape index (κ3) is 2.46. The summed E-state index contributed by atoms with van der Waals surface area (Å²) in [4.78, 5) is 0. The van der Waals surface area contributed by atoms with Crippen molar-refractivity contribution in [3.8, 4) is 0 Å². The number of fused-ring (bicyclic) bond motifs is 1. The van der Waals surface area contributed by atoms with Crippen LogP contribution in [0.2, 0.25) is 5.02 Å². The summed E-state index contributed by atoms with van der Waals surface area (Å²) in [5, 5.41) is 2.01. The van der Waals surface area contributed by atoms with E-state index in [2.05, 4.69) is 16.8 Å². The highest BCUT2D eigenvalue weighted by Gasteiger charge is 2.10. The Labute approximate surface area is 106 Å². The third-order valence-electron chi connectivity index (χ3n) is 2.95. The summed E-state index contributed by atoms with van der Waals surface area (Å²) < 4.78 is 2.14. The standard InChI is InChI=1S/C13H18ClN3/c14-12-5-1-4-11-10(3-2-6-15)9-17(8-7-16)13(11)12/h1,4-5,9H,2-3,6-8,15-16H2. The molecule has 4 N–H and O–H groups in total. The zero-order valence-electron chi connectivity index (χ0n) is 9.82. The fourth-order valence-corrected chi connectivity index (χ4v) is 2.48. The molecule has 2 rings (SSSR count). The van der Waals surface area contributed by atoms with E-state index in [0.29, 0.717) is 13.1 Å². The van der Waals surface area contributed by atoms with Gasteiger partial charge in [0.05, 0.1) is 10.5 Å². The van der Waals surface area contributed by atoms with Crippen LogP contribution < -0.4 is 11.5 Å². The monoisotopic (exact) mass is 251 g/mol. The summed E-state index contributed by atoms with van der Waals surface area (Å²) in [6.45, 7) is 2.12. The minimum atomic E-state index is 0.616. The minimum absolute atomic E-state index is 0.616. The summed E-state index contributed by atoms with van der Waals surface area (Å²) in [6.07, 6.45) is 4.14. The van der Waals surface area contributed by atoms with Crippen molar-refractivity contribution in [1.29, 1.82) is 0 Å². The average Bonchev–Trinajstić information content (AvgIpc) is 2.67. The van der Waals surface area contributed by atoms with E-state index < -0.39 is 0 Å². The first-order valence-corrected chi connectivity index (χ1v) is 6.32. The molecule has 1 aromatic heterocycles. The number of rotatable bonds is 5. The van der Waals surface area contributed by atoms with Gasteiger partial charge in [-0.15, -0.1) is 0 Å². The molecule has 0 spiro atoms. The molecule has 0 aliphatic rings. The summed E-state index contributed by atoms with van der Waals surface area (Å²) in [7, 11) is 0. The number of hydrogen-bond donors (Lipinski definition) is 2. The lowest BCUT2D eigenvalue weighted by atomic mass is 10.1. The molecule has 2 aromatic rings. The fraction of sp³-hybridized carbons (Fsp3) is 0.385. The van der Waals surface area contributed by atoms with E-state index in [1.54, 1.807) is 0 Å². The lowest BCUT2D eigenvalue weighted by Crippen LogP contribution is -2.08. The fourth-order valence-electron chi connectivity index (χ4n) is 2.20. The van der Waals surface area contributed by atoms with Crippen molar-refractivity contribution in [3.63, 3.8) is 0 Å². The van der Waals surface area contributed by atoms with Crippen LogP contribution in [0.1, 0.15) is 12.0 Å². The Morgan fingerprint density at radius 1 is 1.18 bits per heavy atom. The molecule has 0 unspecified atom stereocenters.